The molecule has 0 aromatic carbocycles. The molecule has 27 heavy (non-hydrogen) atoms. The summed E-state index contributed by atoms with van der Waals surface area (Å²) in [4.78, 5) is 8.56. The molecule has 0 radical (unpaired) electrons. The minimum absolute atomic E-state index is 0. The van der Waals surface area contributed by atoms with E-state index in [1.165, 1.54) is 0 Å². The zero-order chi connectivity index (χ0) is 18.9. The number of hydrogen-bond donors (Lipinski definition) is 2. The van der Waals surface area contributed by atoms with Gasteiger partial charge in [0.05, 0.1) is 18.3 Å². The van der Waals surface area contributed by atoms with Crippen LogP contribution in [0.4, 0.5) is 0 Å². The number of nitrogens with zero attached hydrogens (tertiary/aromatic N) is 4. The number of ether oxygens (including phenoxy) is 1. The van der Waals surface area contributed by atoms with Crippen molar-refractivity contribution in [2.75, 3.05) is 7.05 Å². The summed E-state index contributed by atoms with van der Waals surface area (Å²) < 4.78 is 7.75. The third kappa shape index (κ3) is 8.15. The van der Waals surface area contributed by atoms with E-state index in [9.17, 15) is 0 Å². The smallest absolute Gasteiger partial charge is 0.213 e. The molecule has 0 fully saturated rings. The van der Waals surface area contributed by atoms with Crippen LogP contribution >= 0.6 is 24.0 Å². The molecule has 150 valence electrons. The van der Waals surface area contributed by atoms with Crippen LogP contribution < -0.4 is 15.4 Å². The van der Waals surface area contributed by atoms with E-state index in [4.69, 9.17) is 4.74 Å². The minimum Gasteiger partial charge on any atom is -0.475 e. The Bertz CT molecular complexity index is 716. The first kappa shape index (κ1) is 23.2. The Balaban J connectivity index is 0.00000364. The zero-order valence-corrected chi connectivity index (χ0v) is 19.1. The van der Waals surface area contributed by atoms with Crippen LogP contribution in [0.25, 0.3) is 0 Å². The molecule has 2 N–H and O–H groups in total. The number of nitrogens with one attached hydrogen (secondary N) is 2. The molecule has 2 aromatic heterocycles. The summed E-state index contributed by atoms with van der Waals surface area (Å²) in [7, 11) is 3.68. The van der Waals surface area contributed by atoms with Crippen molar-refractivity contribution >= 4 is 29.9 Å². The molecule has 1 unspecified atom stereocenters. The van der Waals surface area contributed by atoms with Crippen LogP contribution in [0, 0.1) is 5.92 Å². The van der Waals surface area contributed by atoms with Gasteiger partial charge < -0.3 is 15.4 Å². The predicted octanol–water partition coefficient (Wildman–Crippen LogP) is 3.11. The van der Waals surface area contributed by atoms with Crippen molar-refractivity contribution in [3.63, 3.8) is 0 Å². The van der Waals surface area contributed by atoms with Gasteiger partial charge >= 0.3 is 0 Å². The number of hydrogen-bond acceptors (Lipinski definition) is 4. The number of pyridine rings is 1. The topological polar surface area (TPSA) is 76.4 Å². The summed E-state index contributed by atoms with van der Waals surface area (Å²) in [6.07, 6.45) is 4.72. The molecule has 0 amide bonds. The molecule has 0 saturated carbocycles. The third-order valence-corrected chi connectivity index (χ3v) is 3.97. The summed E-state index contributed by atoms with van der Waals surface area (Å²) in [6, 6.07) is 5.92. The van der Waals surface area contributed by atoms with E-state index in [1.807, 2.05) is 29.9 Å². The highest BCUT2D eigenvalue weighted by molar-refractivity contribution is 14.0. The standard InChI is InChI=1S/C19H30N6O.HI/c1-14(2)10-15(3)26-18-11-16(6-8-21-18)12-22-19(20-4)23-13-17-7-9-24-25(17)5;/h6-9,11,14-15H,10,12-13H2,1-5H3,(H2,20,22,23);1H. The van der Waals surface area contributed by atoms with Gasteiger partial charge in [-0.2, -0.15) is 5.10 Å². The lowest BCUT2D eigenvalue weighted by atomic mass is 10.1. The Labute approximate surface area is 179 Å². The third-order valence-electron chi connectivity index (χ3n) is 3.97. The fourth-order valence-corrected chi connectivity index (χ4v) is 2.70. The van der Waals surface area contributed by atoms with Gasteiger partial charge in [-0.15, -0.1) is 24.0 Å². The average Bonchev–Trinajstić information content (AvgIpc) is 2.99. The first-order valence-corrected chi connectivity index (χ1v) is 9.01. The molecular formula is C19H31IN6O. The molecule has 8 heteroatoms. The molecule has 2 aromatic rings. The molecule has 0 aliphatic heterocycles. The van der Waals surface area contributed by atoms with Crippen LogP contribution in [0.15, 0.2) is 35.6 Å². The monoisotopic (exact) mass is 486 g/mol. The molecule has 2 heterocycles. The summed E-state index contributed by atoms with van der Waals surface area (Å²) in [5.41, 5.74) is 2.18. The van der Waals surface area contributed by atoms with Gasteiger partial charge in [-0.3, -0.25) is 9.67 Å². The zero-order valence-electron chi connectivity index (χ0n) is 16.8. The van der Waals surface area contributed by atoms with Crippen LogP contribution in [0.5, 0.6) is 5.88 Å². The second-order valence-corrected chi connectivity index (χ2v) is 6.79. The van der Waals surface area contributed by atoms with Gasteiger partial charge in [0.15, 0.2) is 5.96 Å². The lowest BCUT2D eigenvalue weighted by molar-refractivity contribution is 0.185. The molecule has 0 aliphatic rings. The molecule has 0 saturated heterocycles. The largest absolute Gasteiger partial charge is 0.475 e. The molecular weight excluding hydrogens is 455 g/mol. The molecule has 1 atom stereocenters. The second-order valence-electron chi connectivity index (χ2n) is 6.79. The lowest BCUT2D eigenvalue weighted by Gasteiger charge is -2.16. The van der Waals surface area contributed by atoms with Crippen molar-refractivity contribution in [3.8, 4) is 5.88 Å². The number of aryl methyl sites for hydroxylation is 1. The fourth-order valence-electron chi connectivity index (χ4n) is 2.70. The summed E-state index contributed by atoms with van der Waals surface area (Å²) in [5, 5.41) is 10.7. The van der Waals surface area contributed by atoms with Crippen molar-refractivity contribution in [2.45, 2.75) is 46.4 Å². The van der Waals surface area contributed by atoms with E-state index in [0.29, 0.717) is 24.9 Å². The number of aliphatic imine (C=N–C) groups is 1. The van der Waals surface area contributed by atoms with Gasteiger partial charge in [0.2, 0.25) is 5.88 Å². The molecule has 0 aliphatic carbocycles. The van der Waals surface area contributed by atoms with Gasteiger partial charge in [-0.05, 0) is 37.0 Å². The van der Waals surface area contributed by atoms with Crippen molar-refractivity contribution in [3.05, 3.63) is 41.9 Å². The fraction of sp³-hybridized carbons (Fsp3) is 0.526. The SMILES string of the molecule is CN=C(NCc1ccnc(OC(C)CC(C)C)c1)NCc1ccnn1C.I. The second kappa shape index (κ2) is 11.8. The summed E-state index contributed by atoms with van der Waals surface area (Å²) in [6.45, 7) is 7.77. The number of halogens is 1. The molecule has 2 rings (SSSR count). The minimum atomic E-state index is 0. The van der Waals surface area contributed by atoms with Crippen LogP contribution in [0.3, 0.4) is 0 Å². The van der Waals surface area contributed by atoms with Crippen LogP contribution in [0.2, 0.25) is 0 Å². The molecule has 0 spiro atoms. The maximum atomic E-state index is 5.91. The van der Waals surface area contributed by atoms with Crippen LogP contribution in [0.1, 0.15) is 38.4 Å². The maximum absolute atomic E-state index is 5.91. The highest BCUT2D eigenvalue weighted by atomic mass is 127. The van der Waals surface area contributed by atoms with Crippen LogP contribution in [-0.4, -0.2) is 33.9 Å². The lowest BCUT2D eigenvalue weighted by Crippen LogP contribution is -2.36. The van der Waals surface area contributed by atoms with Gasteiger partial charge in [0.1, 0.15) is 0 Å². The molecule has 0 bridgehead atoms. The predicted molar refractivity (Wildman–Crippen MR) is 119 cm³/mol. The normalized spacial score (nSPS) is 12.4. The van der Waals surface area contributed by atoms with E-state index < -0.39 is 0 Å². The Morgan fingerprint density at radius 1 is 1.19 bits per heavy atom. The number of rotatable bonds is 8. The summed E-state index contributed by atoms with van der Waals surface area (Å²) >= 11 is 0. The van der Waals surface area contributed by atoms with Crippen molar-refractivity contribution in [1.82, 2.24) is 25.4 Å². The first-order chi connectivity index (χ1) is 12.5. The van der Waals surface area contributed by atoms with Gasteiger partial charge in [-0.25, -0.2) is 4.98 Å². The highest BCUT2D eigenvalue weighted by Gasteiger charge is 2.08. The Hall–Kier alpha value is -1.84. The van der Waals surface area contributed by atoms with E-state index in [-0.39, 0.29) is 30.1 Å². The van der Waals surface area contributed by atoms with E-state index >= 15 is 0 Å². The van der Waals surface area contributed by atoms with Crippen LogP contribution in [-0.2, 0) is 20.1 Å². The maximum Gasteiger partial charge on any atom is 0.213 e. The van der Waals surface area contributed by atoms with Gasteiger partial charge in [0, 0.05) is 39.1 Å². The van der Waals surface area contributed by atoms with Gasteiger partial charge in [-0.1, -0.05) is 13.8 Å². The van der Waals surface area contributed by atoms with E-state index in [1.54, 1.807) is 19.4 Å². The van der Waals surface area contributed by atoms with Crippen molar-refractivity contribution in [2.24, 2.45) is 18.0 Å². The Kier molecular flexibility index (Phi) is 10.1. The Morgan fingerprint density at radius 3 is 2.56 bits per heavy atom. The highest BCUT2D eigenvalue weighted by Crippen LogP contribution is 2.14. The van der Waals surface area contributed by atoms with Gasteiger partial charge in [0.25, 0.3) is 0 Å². The average molecular weight is 486 g/mol. The van der Waals surface area contributed by atoms with Crippen molar-refractivity contribution in [1.29, 1.82) is 0 Å². The quantitative estimate of drug-likeness (QED) is 0.341. The van der Waals surface area contributed by atoms with E-state index in [2.05, 4.69) is 46.5 Å². The first-order valence-electron chi connectivity index (χ1n) is 9.01. The number of guanidine groups is 1. The van der Waals surface area contributed by atoms with E-state index in [0.717, 1.165) is 23.6 Å². The van der Waals surface area contributed by atoms with Crippen molar-refractivity contribution < 1.29 is 4.74 Å². The molecule has 7 nitrogen and oxygen atoms in total. The Morgan fingerprint density at radius 2 is 1.93 bits per heavy atom. The summed E-state index contributed by atoms with van der Waals surface area (Å²) in [5.74, 6) is 2.00. The number of aromatic nitrogens is 3.